The predicted molar refractivity (Wildman–Crippen MR) is 135 cm³/mol. The average Bonchev–Trinajstić information content (AvgIpc) is 3.29. The fraction of sp³-hybridized carbons (Fsp3) is 0.407. The Morgan fingerprint density at radius 2 is 1.65 bits per heavy atom. The van der Waals surface area contributed by atoms with Crippen LogP contribution in [0.2, 0.25) is 0 Å². The fourth-order valence-electron chi connectivity index (χ4n) is 4.73. The molecule has 7 nitrogen and oxygen atoms in total. The zero-order valence-electron chi connectivity index (χ0n) is 20.4. The van der Waals surface area contributed by atoms with Crippen molar-refractivity contribution in [2.75, 3.05) is 37.5 Å². The summed E-state index contributed by atoms with van der Waals surface area (Å²) in [5.74, 6) is 3.26. The molecule has 1 aliphatic rings. The number of carbonyl (C=O) groups is 1. The second kappa shape index (κ2) is 10.6. The lowest BCUT2D eigenvalue weighted by atomic mass is 9.91. The highest BCUT2D eigenvalue weighted by atomic mass is 16.5. The molecular formula is C27H34N4O3. The second-order valence-electron chi connectivity index (χ2n) is 9.35. The maximum absolute atomic E-state index is 12.7. The average molecular weight is 463 g/mol. The number of rotatable bonds is 8. The van der Waals surface area contributed by atoms with E-state index in [1.807, 2.05) is 48.5 Å². The van der Waals surface area contributed by atoms with Crippen molar-refractivity contribution in [1.82, 2.24) is 10.2 Å². The van der Waals surface area contributed by atoms with Crippen molar-refractivity contribution >= 4 is 17.4 Å². The van der Waals surface area contributed by atoms with E-state index in [2.05, 4.69) is 34.3 Å². The molecule has 0 bridgehead atoms. The van der Waals surface area contributed by atoms with E-state index in [0.717, 1.165) is 48.7 Å². The van der Waals surface area contributed by atoms with E-state index in [1.165, 1.54) is 12.1 Å². The minimum absolute atomic E-state index is 0.164. The van der Waals surface area contributed by atoms with Gasteiger partial charge in [0, 0.05) is 42.2 Å². The van der Waals surface area contributed by atoms with Gasteiger partial charge in [-0.25, -0.2) is 0 Å². The molecule has 2 heterocycles. The number of nitrogens with zero attached hydrogens (tertiary/aromatic N) is 2. The van der Waals surface area contributed by atoms with Gasteiger partial charge >= 0.3 is 0 Å². The highest BCUT2D eigenvalue weighted by Crippen LogP contribution is 2.27. The molecule has 0 spiro atoms. The first kappa shape index (κ1) is 23.7. The number of anilines is 2. The quantitative estimate of drug-likeness (QED) is 0.495. The zero-order chi connectivity index (χ0) is 24.1. The number of aromatic amines is 1. The fourth-order valence-corrected chi connectivity index (χ4v) is 4.73. The van der Waals surface area contributed by atoms with Crippen molar-refractivity contribution in [3.63, 3.8) is 0 Å². The van der Waals surface area contributed by atoms with Crippen molar-refractivity contribution in [1.29, 1.82) is 0 Å². The van der Waals surface area contributed by atoms with Crippen molar-refractivity contribution in [2.45, 2.75) is 33.1 Å². The SMILES string of the molecule is COc1cc(CCc2cc(NC(=O)c3ccc(N4CC(C)CC(C)C4)cc3)n[nH]2)cc(OC)c1. The van der Waals surface area contributed by atoms with Crippen LogP contribution in [-0.2, 0) is 12.8 Å². The summed E-state index contributed by atoms with van der Waals surface area (Å²) in [7, 11) is 3.29. The summed E-state index contributed by atoms with van der Waals surface area (Å²) >= 11 is 0. The number of methoxy groups -OCH3 is 2. The molecule has 1 fully saturated rings. The third-order valence-electron chi connectivity index (χ3n) is 6.33. The van der Waals surface area contributed by atoms with Gasteiger partial charge in [-0.05, 0) is 73.1 Å². The Bertz CT molecular complexity index is 1080. The van der Waals surface area contributed by atoms with Gasteiger partial charge in [-0.3, -0.25) is 9.89 Å². The van der Waals surface area contributed by atoms with E-state index in [1.54, 1.807) is 14.2 Å². The van der Waals surface area contributed by atoms with Crippen LogP contribution in [-0.4, -0.2) is 43.4 Å². The Kier molecular flexibility index (Phi) is 7.40. The first-order valence-electron chi connectivity index (χ1n) is 11.9. The molecule has 180 valence electrons. The molecule has 4 rings (SSSR count). The Balaban J connectivity index is 1.33. The normalized spacial score (nSPS) is 17.9. The van der Waals surface area contributed by atoms with Gasteiger partial charge in [0.25, 0.3) is 5.91 Å². The molecule has 7 heteroatoms. The molecule has 0 saturated carbocycles. The summed E-state index contributed by atoms with van der Waals surface area (Å²) < 4.78 is 10.7. The molecule has 1 saturated heterocycles. The number of hydrogen-bond donors (Lipinski definition) is 2. The Morgan fingerprint density at radius 1 is 1.00 bits per heavy atom. The summed E-state index contributed by atoms with van der Waals surface area (Å²) in [5, 5.41) is 10.2. The van der Waals surface area contributed by atoms with Gasteiger partial charge in [-0.15, -0.1) is 0 Å². The maximum atomic E-state index is 12.7. The molecule has 2 unspecified atom stereocenters. The van der Waals surface area contributed by atoms with E-state index in [4.69, 9.17) is 9.47 Å². The number of benzene rings is 2. The lowest BCUT2D eigenvalue weighted by Gasteiger charge is -2.36. The summed E-state index contributed by atoms with van der Waals surface area (Å²) in [6, 6.07) is 15.6. The summed E-state index contributed by atoms with van der Waals surface area (Å²) in [4.78, 5) is 15.1. The van der Waals surface area contributed by atoms with Crippen LogP contribution in [0.15, 0.2) is 48.5 Å². The number of nitrogens with one attached hydrogen (secondary N) is 2. The van der Waals surface area contributed by atoms with Gasteiger partial charge in [0.1, 0.15) is 11.5 Å². The summed E-state index contributed by atoms with van der Waals surface area (Å²) in [5.41, 5.74) is 3.84. The molecule has 34 heavy (non-hydrogen) atoms. The molecular weight excluding hydrogens is 428 g/mol. The standard InChI is InChI=1S/C27H34N4O3/c1-18-11-19(2)17-31(16-18)23-9-6-21(7-10-23)27(32)28-26-14-22(29-30-26)8-5-20-12-24(33-3)15-25(13-20)34-4/h6-7,9-10,12-15,18-19H,5,8,11,16-17H2,1-4H3,(H2,28,29,30,32). The van der Waals surface area contributed by atoms with Crippen molar-refractivity contribution in [3.05, 3.63) is 65.4 Å². The van der Waals surface area contributed by atoms with Crippen molar-refractivity contribution in [3.8, 4) is 11.5 Å². The van der Waals surface area contributed by atoms with Crippen LogP contribution in [0.5, 0.6) is 11.5 Å². The van der Waals surface area contributed by atoms with Crippen molar-refractivity contribution < 1.29 is 14.3 Å². The summed E-state index contributed by atoms with van der Waals surface area (Å²) in [6.07, 6.45) is 2.81. The first-order chi connectivity index (χ1) is 16.4. The van der Waals surface area contributed by atoms with Gasteiger partial charge in [0.2, 0.25) is 0 Å². The molecule has 2 atom stereocenters. The Morgan fingerprint density at radius 3 is 2.26 bits per heavy atom. The number of ether oxygens (including phenoxy) is 2. The molecule has 0 radical (unpaired) electrons. The largest absolute Gasteiger partial charge is 0.497 e. The number of carbonyl (C=O) groups excluding carboxylic acids is 1. The maximum Gasteiger partial charge on any atom is 0.256 e. The molecule has 1 aromatic heterocycles. The van der Waals surface area contributed by atoms with E-state index in [0.29, 0.717) is 23.2 Å². The lowest BCUT2D eigenvalue weighted by molar-refractivity contribution is 0.102. The highest BCUT2D eigenvalue weighted by Gasteiger charge is 2.22. The molecule has 1 aliphatic heterocycles. The Labute approximate surface area is 201 Å². The molecule has 3 aromatic rings. The number of piperidine rings is 1. The first-order valence-corrected chi connectivity index (χ1v) is 11.9. The minimum Gasteiger partial charge on any atom is -0.497 e. The van der Waals surface area contributed by atoms with Gasteiger partial charge in [0.15, 0.2) is 5.82 Å². The molecule has 0 aliphatic carbocycles. The van der Waals surface area contributed by atoms with E-state index in [-0.39, 0.29) is 5.91 Å². The summed E-state index contributed by atoms with van der Waals surface area (Å²) in [6.45, 7) is 6.73. The number of aryl methyl sites for hydroxylation is 2. The van der Waals surface area contributed by atoms with Crippen LogP contribution >= 0.6 is 0 Å². The number of hydrogen-bond acceptors (Lipinski definition) is 5. The second-order valence-corrected chi connectivity index (χ2v) is 9.35. The van der Waals surface area contributed by atoms with Gasteiger partial charge < -0.3 is 19.7 Å². The van der Waals surface area contributed by atoms with E-state index in [9.17, 15) is 4.79 Å². The monoisotopic (exact) mass is 462 g/mol. The van der Waals surface area contributed by atoms with Crippen LogP contribution in [0.25, 0.3) is 0 Å². The van der Waals surface area contributed by atoms with Crippen LogP contribution in [0.4, 0.5) is 11.5 Å². The van der Waals surface area contributed by atoms with Crippen molar-refractivity contribution in [2.24, 2.45) is 11.8 Å². The number of H-pyrrole nitrogens is 1. The smallest absolute Gasteiger partial charge is 0.256 e. The van der Waals surface area contributed by atoms with Gasteiger partial charge in [-0.2, -0.15) is 5.10 Å². The number of aromatic nitrogens is 2. The third kappa shape index (κ3) is 5.90. The lowest BCUT2D eigenvalue weighted by Crippen LogP contribution is -2.38. The number of amides is 1. The molecule has 2 aromatic carbocycles. The van der Waals surface area contributed by atoms with Crippen LogP contribution in [0, 0.1) is 11.8 Å². The molecule has 1 amide bonds. The van der Waals surface area contributed by atoms with Crippen LogP contribution < -0.4 is 19.7 Å². The molecule has 2 N–H and O–H groups in total. The Hall–Kier alpha value is -3.48. The zero-order valence-corrected chi connectivity index (χ0v) is 20.4. The minimum atomic E-state index is -0.164. The topological polar surface area (TPSA) is 79.5 Å². The highest BCUT2D eigenvalue weighted by molar-refractivity contribution is 6.03. The van der Waals surface area contributed by atoms with Crippen LogP contribution in [0.1, 0.15) is 41.9 Å². The third-order valence-corrected chi connectivity index (χ3v) is 6.33. The van der Waals surface area contributed by atoms with E-state index < -0.39 is 0 Å². The van der Waals surface area contributed by atoms with Gasteiger partial charge in [0.05, 0.1) is 14.2 Å². The van der Waals surface area contributed by atoms with E-state index >= 15 is 0 Å². The van der Waals surface area contributed by atoms with Crippen LogP contribution in [0.3, 0.4) is 0 Å². The van der Waals surface area contributed by atoms with Gasteiger partial charge in [-0.1, -0.05) is 13.8 Å². The predicted octanol–water partition coefficient (Wildman–Crippen LogP) is 4.95.